The third-order valence-electron chi connectivity index (χ3n) is 4.21. The van der Waals surface area contributed by atoms with Gasteiger partial charge in [-0.3, -0.25) is 4.90 Å². The Morgan fingerprint density at radius 1 is 1.22 bits per heavy atom. The molecule has 1 fully saturated rings. The molecule has 1 aliphatic heterocycles. The van der Waals surface area contributed by atoms with E-state index in [0.717, 1.165) is 57.3 Å². The Bertz CT molecular complexity index is 496. The minimum absolute atomic E-state index is 0.916. The fourth-order valence-corrected chi connectivity index (χ4v) is 3.16. The standard InChI is InChI=1S/C18H30N4S/c1-16-6-4-7-17(14-16)15-21-10-12-22(13-11-21)18(23)19-8-5-9-20(2)3/h4,6-7,14H,5,8-13,15H2,1-3H3,(H,19,23). The van der Waals surface area contributed by atoms with Crippen molar-refractivity contribution in [2.24, 2.45) is 0 Å². The Morgan fingerprint density at radius 3 is 2.61 bits per heavy atom. The van der Waals surface area contributed by atoms with Gasteiger partial charge in [-0.05, 0) is 51.8 Å². The van der Waals surface area contributed by atoms with Crippen molar-refractivity contribution in [1.82, 2.24) is 20.0 Å². The quantitative estimate of drug-likeness (QED) is 0.632. The van der Waals surface area contributed by atoms with Crippen LogP contribution in [-0.2, 0) is 6.54 Å². The summed E-state index contributed by atoms with van der Waals surface area (Å²) in [7, 11) is 4.21. The molecule has 0 aliphatic carbocycles. The van der Waals surface area contributed by atoms with Gasteiger partial charge < -0.3 is 15.1 Å². The first-order chi connectivity index (χ1) is 11.0. The third-order valence-corrected chi connectivity index (χ3v) is 4.61. The molecule has 0 spiro atoms. The van der Waals surface area contributed by atoms with Crippen LogP contribution in [0.4, 0.5) is 0 Å². The van der Waals surface area contributed by atoms with E-state index in [4.69, 9.17) is 12.2 Å². The van der Waals surface area contributed by atoms with Crippen LogP contribution in [0, 0.1) is 6.92 Å². The van der Waals surface area contributed by atoms with Gasteiger partial charge in [0.05, 0.1) is 0 Å². The van der Waals surface area contributed by atoms with Crippen molar-refractivity contribution in [3.8, 4) is 0 Å². The summed E-state index contributed by atoms with van der Waals surface area (Å²) in [6.07, 6.45) is 1.13. The summed E-state index contributed by atoms with van der Waals surface area (Å²) in [5.41, 5.74) is 2.74. The lowest BCUT2D eigenvalue weighted by atomic mass is 10.1. The Kier molecular flexibility index (Phi) is 7.27. The van der Waals surface area contributed by atoms with Crippen LogP contribution >= 0.6 is 12.2 Å². The summed E-state index contributed by atoms with van der Waals surface area (Å²) in [5, 5.41) is 4.31. The molecule has 1 heterocycles. The highest BCUT2D eigenvalue weighted by molar-refractivity contribution is 7.80. The van der Waals surface area contributed by atoms with Crippen LogP contribution in [0.2, 0.25) is 0 Å². The van der Waals surface area contributed by atoms with E-state index in [1.165, 1.54) is 11.1 Å². The number of rotatable bonds is 6. The normalized spacial score (nSPS) is 15.9. The van der Waals surface area contributed by atoms with Crippen molar-refractivity contribution in [2.45, 2.75) is 19.9 Å². The fraction of sp³-hybridized carbons (Fsp3) is 0.611. The van der Waals surface area contributed by atoms with E-state index in [9.17, 15) is 0 Å². The zero-order valence-electron chi connectivity index (χ0n) is 14.7. The molecule has 128 valence electrons. The Hall–Kier alpha value is -1.17. The molecule has 1 aromatic rings. The van der Waals surface area contributed by atoms with E-state index < -0.39 is 0 Å². The molecule has 1 N–H and O–H groups in total. The molecule has 5 heteroatoms. The third kappa shape index (κ3) is 6.45. The number of nitrogens with one attached hydrogen (secondary N) is 1. The lowest BCUT2D eigenvalue weighted by molar-refractivity contribution is 0.174. The monoisotopic (exact) mass is 334 g/mol. The summed E-state index contributed by atoms with van der Waals surface area (Å²) >= 11 is 5.52. The molecule has 2 rings (SSSR count). The van der Waals surface area contributed by atoms with Crippen molar-refractivity contribution in [3.05, 3.63) is 35.4 Å². The van der Waals surface area contributed by atoms with Gasteiger partial charge in [0.2, 0.25) is 0 Å². The maximum atomic E-state index is 5.52. The topological polar surface area (TPSA) is 21.8 Å². The number of nitrogens with zero attached hydrogens (tertiary/aromatic N) is 3. The molecule has 0 saturated carbocycles. The highest BCUT2D eigenvalue weighted by Crippen LogP contribution is 2.10. The maximum Gasteiger partial charge on any atom is 0.169 e. The predicted molar refractivity (Wildman–Crippen MR) is 102 cm³/mol. The molecule has 0 amide bonds. The van der Waals surface area contributed by atoms with Gasteiger partial charge in [0.25, 0.3) is 0 Å². The maximum absolute atomic E-state index is 5.52. The van der Waals surface area contributed by atoms with Crippen molar-refractivity contribution >= 4 is 17.3 Å². The molecular weight excluding hydrogens is 304 g/mol. The number of piperazine rings is 1. The zero-order chi connectivity index (χ0) is 16.7. The van der Waals surface area contributed by atoms with Crippen LogP contribution < -0.4 is 5.32 Å². The van der Waals surface area contributed by atoms with E-state index in [0.29, 0.717) is 0 Å². The van der Waals surface area contributed by atoms with Gasteiger partial charge in [0, 0.05) is 39.3 Å². The van der Waals surface area contributed by atoms with Crippen molar-refractivity contribution < 1.29 is 0 Å². The predicted octanol–water partition coefficient (Wildman–Crippen LogP) is 1.94. The summed E-state index contributed by atoms with van der Waals surface area (Å²) < 4.78 is 0. The number of aryl methyl sites for hydroxylation is 1. The largest absolute Gasteiger partial charge is 0.363 e. The van der Waals surface area contributed by atoms with Crippen molar-refractivity contribution in [1.29, 1.82) is 0 Å². The van der Waals surface area contributed by atoms with Gasteiger partial charge in [0.1, 0.15) is 0 Å². The summed E-state index contributed by atoms with van der Waals surface area (Å²) in [4.78, 5) is 7.02. The van der Waals surface area contributed by atoms with Gasteiger partial charge in [-0.2, -0.15) is 0 Å². The van der Waals surface area contributed by atoms with E-state index in [1.807, 2.05) is 0 Å². The number of hydrogen-bond donors (Lipinski definition) is 1. The Labute approximate surface area is 146 Å². The lowest BCUT2D eigenvalue weighted by Crippen LogP contribution is -2.51. The first kappa shape index (κ1) is 18.2. The Morgan fingerprint density at radius 2 is 1.96 bits per heavy atom. The van der Waals surface area contributed by atoms with Gasteiger partial charge in [-0.25, -0.2) is 0 Å². The molecule has 1 aliphatic rings. The average Bonchev–Trinajstić information content (AvgIpc) is 2.52. The first-order valence-corrected chi connectivity index (χ1v) is 8.91. The van der Waals surface area contributed by atoms with Crippen LogP contribution in [-0.4, -0.2) is 73.2 Å². The van der Waals surface area contributed by atoms with E-state index in [2.05, 4.69) is 65.3 Å². The minimum atomic E-state index is 0.916. The van der Waals surface area contributed by atoms with Crippen LogP contribution in [0.3, 0.4) is 0 Å². The summed E-state index contributed by atoms with van der Waals surface area (Å²) in [6, 6.07) is 8.80. The molecule has 23 heavy (non-hydrogen) atoms. The number of thiocarbonyl (C=S) groups is 1. The van der Waals surface area contributed by atoms with Gasteiger partial charge in [-0.1, -0.05) is 29.8 Å². The van der Waals surface area contributed by atoms with Gasteiger partial charge in [-0.15, -0.1) is 0 Å². The Balaban J connectivity index is 1.68. The summed E-state index contributed by atoms with van der Waals surface area (Å²) in [5.74, 6) is 0. The molecule has 4 nitrogen and oxygen atoms in total. The van der Waals surface area contributed by atoms with Crippen molar-refractivity contribution in [3.63, 3.8) is 0 Å². The van der Waals surface area contributed by atoms with Gasteiger partial charge >= 0.3 is 0 Å². The number of hydrogen-bond acceptors (Lipinski definition) is 3. The summed E-state index contributed by atoms with van der Waals surface area (Å²) in [6.45, 7) is 9.44. The second kappa shape index (κ2) is 9.21. The zero-order valence-corrected chi connectivity index (χ0v) is 15.5. The van der Waals surface area contributed by atoms with Gasteiger partial charge in [0.15, 0.2) is 5.11 Å². The SMILES string of the molecule is Cc1cccc(CN2CCN(C(=S)NCCCN(C)C)CC2)c1. The molecule has 0 unspecified atom stereocenters. The molecule has 1 aromatic carbocycles. The van der Waals surface area contributed by atoms with Crippen LogP contribution in [0.15, 0.2) is 24.3 Å². The molecule has 0 aromatic heterocycles. The molecule has 0 radical (unpaired) electrons. The molecular formula is C18H30N4S. The minimum Gasteiger partial charge on any atom is -0.363 e. The highest BCUT2D eigenvalue weighted by Gasteiger charge is 2.18. The molecule has 0 atom stereocenters. The number of benzene rings is 1. The van der Waals surface area contributed by atoms with E-state index in [1.54, 1.807) is 0 Å². The highest BCUT2D eigenvalue weighted by atomic mass is 32.1. The second-order valence-electron chi connectivity index (χ2n) is 6.64. The second-order valence-corrected chi connectivity index (χ2v) is 7.03. The average molecular weight is 335 g/mol. The van der Waals surface area contributed by atoms with Crippen LogP contribution in [0.1, 0.15) is 17.5 Å². The van der Waals surface area contributed by atoms with Crippen molar-refractivity contribution in [2.75, 3.05) is 53.4 Å². The van der Waals surface area contributed by atoms with E-state index in [-0.39, 0.29) is 0 Å². The molecule has 1 saturated heterocycles. The van der Waals surface area contributed by atoms with E-state index >= 15 is 0 Å². The molecule has 0 bridgehead atoms. The lowest BCUT2D eigenvalue weighted by Gasteiger charge is -2.36. The smallest absolute Gasteiger partial charge is 0.169 e. The van der Waals surface area contributed by atoms with Crippen LogP contribution in [0.25, 0.3) is 0 Å². The fourth-order valence-electron chi connectivity index (χ4n) is 2.88. The first-order valence-electron chi connectivity index (χ1n) is 8.50. The van der Waals surface area contributed by atoms with Crippen LogP contribution in [0.5, 0.6) is 0 Å².